The Morgan fingerprint density at radius 2 is 1.72 bits per heavy atom. The van der Waals surface area contributed by atoms with E-state index >= 15 is 0 Å². The molecule has 0 atom stereocenters. The number of hydrogen-bond acceptors (Lipinski definition) is 4. The molecule has 0 unspecified atom stereocenters. The lowest BCUT2D eigenvalue weighted by Gasteiger charge is -2.34. The number of methoxy groups -OCH3 is 1. The van der Waals surface area contributed by atoms with Gasteiger partial charge in [0.25, 0.3) is 5.91 Å². The molecule has 132 valence electrons. The molecule has 1 heterocycles. The number of aryl methyl sites for hydroxylation is 1. The maximum absolute atomic E-state index is 12.4. The highest BCUT2D eigenvalue weighted by atomic mass is 16.5. The lowest BCUT2D eigenvalue weighted by Crippen LogP contribution is -2.44. The number of piperazine rings is 1. The van der Waals surface area contributed by atoms with Gasteiger partial charge in [0.15, 0.2) is 0 Å². The van der Waals surface area contributed by atoms with Crippen LogP contribution in [0.3, 0.4) is 0 Å². The highest BCUT2D eigenvalue weighted by molar-refractivity contribution is 6.04. The number of anilines is 2. The number of carbonyl (C=O) groups excluding carboxylic acids is 1. The summed E-state index contributed by atoms with van der Waals surface area (Å²) < 4.78 is 5.24. The summed E-state index contributed by atoms with van der Waals surface area (Å²) in [6, 6.07) is 13.5. The molecule has 1 fully saturated rings. The third-order valence-corrected chi connectivity index (χ3v) is 4.65. The van der Waals surface area contributed by atoms with Crippen molar-refractivity contribution in [1.82, 2.24) is 4.90 Å². The van der Waals surface area contributed by atoms with Crippen molar-refractivity contribution in [3.63, 3.8) is 0 Å². The first-order chi connectivity index (χ1) is 12.1. The molecule has 5 heteroatoms. The maximum Gasteiger partial charge on any atom is 0.255 e. The van der Waals surface area contributed by atoms with E-state index in [1.807, 2.05) is 31.2 Å². The van der Waals surface area contributed by atoms with Gasteiger partial charge in [-0.2, -0.15) is 0 Å². The van der Waals surface area contributed by atoms with Crippen LogP contribution in [0.2, 0.25) is 0 Å². The summed E-state index contributed by atoms with van der Waals surface area (Å²) in [6.07, 6.45) is 0. The summed E-state index contributed by atoms with van der Waals surface area (Å²) >= 11 is 0. The van der Waals surface area contributed by atoms with E-state index in [-0.39, 0.29) is 5.91 Å². The minimum Gasteiger partial charge on any atom is -0.496 e. The van der Waals surface area contributed by atoms with Gasteiger partial charge in [-0.25, -0.2) is 0 Å². The smallest absolute Gasteiger partial charge is 0.255 e. The largest absolute Gasteiger partial charge is 0.496 e. The van der Waals surface area contributed by atoms with Crippen molar-refractivity contribution in [2.45, 2.75) is 6.92 Å². The fraction of sp³-hybridized carbons (Fsp3) is 0.350. The third kappa shape index (κ3) is 4.12. The van der Waals surface area contributed by atoms with E-state index in [1.165, 1.54) is 5.69 Å². The molecule has 0 aliphatic carbocycles. The maximum atomic E-state index is 12.4. The zero-order valence-corrected chi connectivity index (χ0v) is 15.1. The summed E-state index contributed by atoms with van der Waals surface area (Å²) in [7, 11) is 3.78. The number of likely N-dealkylation sites (N-methyl/N-ethyl adjacent to an activating group) is 1. The highest BCUT2D eigenvalue weighted by Crippen LogP contribution is 2.21. The quantitative estimate of drug-likeness (QED) is 0.930. The molecule has 0 spiro atoms. The number of benzene rings is 2. The normalized spacial score (nSPS) is 15.1. The third-order valence-electron chi connectivity index (χ3n) is 4.65. The molecule has 3 rings (SSSR count). The first kappa shape index (κ1) is 17.3. The molecular formula is C20H25N3O2. The molecule has 1 aliphatic rings. The van der Waals surface area contributed by atoms with Crippen molar-refractivity contribution < 1.29 is 9.53 Å². The van der Waals surface area contributed by atoms with Gasteiger partial charge in [-0.15, -0.1) is 0 Å². The van der Waals surface area contributed by atoms with Crippen LogP contribution < -0.4 is 15.0 Å². The molecule has 2 aromatic carbocycles. The summed E-state index contributed by atoms with van der Waals surface area (Å²) in [5.74, 6) is 0.672. The average Bonchev–Trinajstić information content (AvgIpc) is 2.63. The molecule has 1 saturated heterocycles. The Balaban J connectivity index is 1.65. The van der Waals surface area contributed by atoms with Crippen LogP contribution in [0.5, 0.6) is 5.75 Å². The number of ether oxygens (including phenoxy) is 1. The van der Waals surface area contributed by atoms with Gasteiger partial charge in [-0.1, -0.05) is 0 Å². The van der Waals surface area contributed by atoms with E-state index in [2.05, 4.69) is 34.3 Å². The zero-order valence-electron chi connectivity index (χ0n) is 15.1. The second-order valence-corrected chi connectivity index (χ2v) is 6.48. The molecule has 0 aromatic heterocycles. The van der Waals surface area contributed by atoms with Crippen LogP contribution >= 0.6 is 0 Å². The number of nitrogens with zero attached hydrogens (tertiary/aromatic N) is 2. The number of hydrogen-bond donors (Lipinski definition) is 1. The second kappa shape index (κ2) is 7.57. The van der Waals surface area contributed by atoms with Crippen molar-refractivity contribution in [1.29, 1.82) is 0 Å². The molecule has 2 aromatic rings. The minimum absolute atomic E-state index is 0.113. The SMILES string of the molecule is COc1ccc(C(=O)Nc2ccc(N3CCN(C)CC3)cc2)cc1C. The number of nitrogens with one attached hydrogen (secondary N) is 1. The Kier molecular flexibility index (Phi) is 5.24. The van der Waals surface area contributed by atoms with Gasteiger partial charge in [0, 0.05) is 43.1 Å². The summed E-state index contributed by atoms with van der Waals surface area (Å²) in [4.78, 5) is 17.1. The van der Waals surface area contributed by atoms with Crippen LogP contribution in [0.4, 0.5) is 11.4 Å². The summed E-state index contributed by atoms with van der Waals surface area (Å²) in [5, 5.41) is 2.95. The van der Waals surface area contributed by atoms with Crippen molar-refractivity contribution in [3.05, 3.63) is 53.6 Å². The molecular weight excluding hydrogens is 314 g/mol. The summed E-state index contributed by atoms with van der Waals surface area (Å²) in [5.41, 5.74) is 3.57. The first-order valence-corrected chi connectivity index (χ1v) is 8.56. The van der Waals surface area contributed by atoms with Gasteiger partial charge >= 0.3 is 0 Å². The van der Waals surface area contributed by atoms with Crippen molar-refractivity contribution in [3.8, 4) is 5.75 Å². The lowest BCUT2D eigenvalue weighted by atomic mass is 10.1. The summed E-state index contributed by atoms with van der Waals surface area (Å²) in [6.45, 7) is 6.16. The van der Waals surface area contributed by atoms with E-state index < -0.39 is 0 Å². The van der Waals surface area contributed by atoms with Gasteiger partial charge < -0.3 is 19.9 Å². The fourth-order valence-corrected chi connectivity index (χ4v) is 3.04. The standard InChI is InChI=1S/C20H25N3O2/c1-15-14-16(4-9-19(15)25-3)20(24)21-17-5-7-18(8-6-17)23-12-10-22(2)11-13-23/h4-9,14H,10-13H2,1-3H3,(H,21,24). The molecule has 0 bridgehead atoms. The molecule has 1 aliphatic heterocycles. The Labute approximate surface area is 149 Å². The van der Waals surface area contributed by atoms with Gasteiger partial charge in [0.1, 0.15) is 5.75 Å². The van der Waals surface area contributed by atoms with Crippen LogP contribution in [0.1, 0.15) is 15.9 Å². The van der Waals surface area contributed by atoms with E-state index in [9.17, 15) is 4.79 Å². The van der Waals surface area contributed by atoms with Crippen LogP contribution in [0.25, 0.3) is 0 Å². The highest BCUT2D eigenvalue weighted by Gasteiger charge is 2.14. The molecule has 25 heavy (non-hydrogen) atoms. The van der Waals surface area contributed by atoms with Gasteiger partial charge in [-0.3, -0.25) is 4.79 Å². The Hall–Kier alpha value is -2.53. The van der Waals surface area contributed by atoms with E-state index in [4.69, 9.17) is 4.74 Å². The zero-order chi connectivity index (χ0) is 17.8. The number of carbonyl (C=O) groups is 1. The Morgan fingerprint density at radius 1 is 1.04 bits per heavy atom. The predicted molar refractivity (Wildman–Crippen MR) is 102 cm³/mol. The van der Waals surface area contributed by atoms with E-state index in [0.29, 0.717) is 5.56 Å². The predicted octanol–water partition coefficient (Wildman–Crippen LogP) is 3.01. The van der Waals surface area contributed by atoms with Crippen LogP contribution in [0, 0.1) is 6.92 Å². The molecule has 0 radical (unpaired) electrons. The van der Waals surface area contributed by atoms with E-state index in [1.54, 1.807) is 13.2 Å². The molecule has 5 nitrogen and oxygen atoms in total. The fourth-order valence-electron chi connectivity index (χ4n) is 3.04. The van der Waals surface area contributed by atoms with Crippen molar-refractivity contribution in [2.75, 3.05) is 50.6 Å². The molecule has 1 N–H and O–H groups in total. The van der Waals surface area contributed by atoms with Crippen molar-refractivity contribution >= 4 is 17.3 Å². The number of amides is 1. The monoisotopic (exact) mass is 339 g/mol. The topological polar surface area (TPSA) is 44.8 Å². The van der Waals surface area contributed by atoms with Crippen molar-refractivity contribution in [2.24, 2.45) is 0 Å². The second-order valence-electron chi connectivity index (χ2n) is 6.48. The van der Waals surface area contributed by atoms with Gasteiger partial charge in [0.05, 0.1) is 7.11 Å². The Bertz CT molecular complexity index is 735. The van der Waals surface area contributed by atoms with Gasteiger partial charge in [0.2, 0.25) is 0 Å². The lowest BCUT2D eigenvalue weighted by molar-refractivity contribution is 0.102. The molecule has 1 amide bonds. The molecule has 0 saturated carbocycles. The van der Waals surface area contributed by atoms with Gasteiger partial charge in [-0.05, 0) is 62.0 Å². The minimum atomic E-state index is -0.113. The van der Waals surface area contributed by atoms with Crippen LogP contribution in [-0.4, -0.2) is 51.1 Å². The van der Waals surface area contributed by atoms with Crippen LogP contribution in [-0.2, 0) is 0 Å². The van der Waals surface area contributed by atoms with E-state index in [0.717, 1.165) is 43.2 Å². The average molecular weight is 339 g/mol. The van der Waals surface area contributed by atoms with Crippen LogP contribution in [0.15, 0.2) is 42.5 Å². The number of rotatable bonds is 4. The first-order valence-electron chi connectivity index (χ1n) is 8.56. The Morgan fingerprint density at radius 3 is 2.32 bits per heavy atom.